The first-order valence-electron chi connectivity index (χ1n) is 4.60. The van der Waals surface area contributed by atoms with E-state index in [1.807, 2.05) is 6.08 Å². The number of rotatable bonds is 4. The molecule has 4 heteroatoms. The van der Waals surface area contributed by atoms with Crippen molar-refractivity contribution in [2.24, 2.45) is 0 Å². The van der Waals surface area contributed by atoms with E-state index in [9.17, 15) is 0 Å². The fourth-order valence-electron chi connectivity index (χ4n) is 1.35. The average molecular weight is 224 g/mol. The molecule has 13 heavy (non-hydrogen) atoms. The highest BCUT2D eigenvalue weighted by atomic mass is 35.5. The molecule has 1 saturated heterocycles. The molecule has 1 aliphatic heterocycles. The highest BCUT2D eigenvalue weighted by Gasteiger charge is 2.08. The number of unbranched alkanes of at least 4 members (excludes halogenated alkanes) is 1. The van der Waals surface area contributed by atoms with Crippen molar-refractivity contribution in [2.45, 2.75) is 12.8 Å². The largest absolute Gasteiger partial charge is 0.379 e. The monoisotopic (exact) mass is 223 g/mol. The number of nitrogens with zero attached hydrogens (tertiary/aromatic N) is 1. The van der Waals surface area contributed by atoms with E-state index in [0.29, 0.717) is 4.49 Å². The van der Waals surface area contributed by atoms with Gasteiger partial charge in [0, 0.05) is 13.1 Å². The van der Waals surface area contributed by atoms with Crippen LogP contribution in [0.2, 0.25) is 0 Å². The molecule has 0 aromatic carbocycles. The van der Waals surface area contributed by atoms with Gasteiger partial charge in [-0.05, 0) is 19.4 Å². The molecule has 76 valence electrons. The molecule has 0 N–H and O–H groups in total. The van der Waals surface area contributed by atoms with Crippen LogP contribution in [-0.4, -0.2) is 37.7 Å². The van der Waals surface area contributed by atoms with E-state index in [1.54, 1.807) is 0 Å². The molecule has 0 aromatic heterocycles. The lowest BCUT2D eigenvalue weighted by molar-refractivity contribution is 0.0375. The Labute approximate surface area is 89.4 Å². The van der Waals surface area contributed by atoms with Crippen LogP contribution in [0.1, 0.15) is 12.8 Å². The number of allylic oxidation sites excluding steroid dienone is 1. The van der Waals surface area contributed by atoms with Crippen LogP contribution in [0.4, 0.5) is 0 Å². The van der Waals surface area contributed by atoms with Crippen molar-refractivity contribution in [2.75, 3.05) is 32.8 Å². The first kappa shape index (κ1) is 11.3. The van der Waals surface area contributed by atoms with Gasteiger partial charge >= 0.3 is 0 Å². The first-order chi connectivity index (χ1) is 6.29. The molecule has 0 aliphatic carbocycles. The topological polar surface area (TPSA) is 12.5 Å². The third-order valence-electron chi connectivity index (χ3n) is 2.08. The van der Waals surface area contributed by atoms with Crippen molar-refractivity contribution < 1.29 is 4.74 Å². The molecule has 0 atom stereocenters. The van der Waals surface area contributed by atoms with E-state index in [2.05, 4.69) is 4.90 Å². The minimum atomic E-state index is 0.377. The standard InChI is InChI=1S/C9H15Cl2NO/c10-9(11)3-1-2-4-12-5-7-13-8-6-12/h3H,1-2,4-8H2. The van der Waals surface area contributed by atoms with Gasteiger partial charge in [-0.1, -0.05) is 29.3 Å². The molecule has 0 amide bonds. The van der Waals surface area contributed by atoms with Crippen LogP contribution in [0.3, 0.4) is 0 Å². The molecule has 2 nitrogen and oxygen atoms in total. The summed E-state index contributed by atoms with van der Waals surface area (Å²) in [5.41, 5.74) is 0. The average Bonchev–Trinajstić information content (AvgIpc) is 2.14. The SMILES string of the molecule is ClC(Cl)=CCCCN1CCOCC1. The molecular formula is C9H15Cl2NO. The minimum absolute atomic E-state index is 0.377. The Morgan fingerprint density at radius 2 is 2.00 bits per heavy atom. The summed E-state index contributed by atoms with van der Waals surface area (Å²) in [6.07, 6.45) is 3.92. The van der Waals surface area contributed by atoms with Gasteiger partial charge in [-0.2, -0.15) is 0 Å². The summed E-state index contributed by atoms with van der Waals surface area (Å²) in [6, 6.07) is 0. The maximum Gasteiger partial charge on any atom is 0.102 e. The summed E-state index contributed by atoms with van der Waals surface area (Å²) in [4.78, 5) is 2.40. The Morgan fingerprint density at radius 3 is 2.62 bits per heavy atom. The summed E-state index contributed by atoms with van der Waals surface area (Å²) >= 11 is 11.0. The molecule has 0 unspecified atom stereocenters. The Hall–Kier alpha value is 0.240. The normalized spacial score (nSPS) is 18.6. The summed E-state index contributed by atoms with van der Waals surface area (Å²) in [7, 11) is 0. The molecule has 1 heterocycles. The lowest BCUT2D eigenvalue weighted by Crippen LogP contribution is -2.36. The molecule has 1 fully saturated rings. The Bertz CT molecular complexity index is 163. The zero-order chi connectivity index (χ0) is 9.52. The summed E-state index contributed by atoms with van der Waals surface area (Å²) < 4.78 is 5.63. The van der Waals surface area contributed by atoms with Gasteiger partial charge < -0.3 is 4.74 Å². The minimum Gasteiger partial charge on any atom is -0.379 e. The van der Waals surface area contributed by atoms with Gasteiger partial charge in [0.2, 0.25) is 0 Å². The van der Waals surface area contributed by atoms with Gasteiger partial charge in [0.15, 0.2) is 0 Å². The molecule has 1 rings (SSSR count). The van der Waals surface area contributed by atoms with Crippen LogP contribution in [0, 0.1) is 0 Å². The molecule has 0 saturated carbocycles. The number of ether oxygens (including phenoxy) is 1. The number of halogens is 2. The summed E-state index contributed by atoms with van der Waals surface area (Å²) in [6.45, 7) is 4.95. The highest BCUT2D eigenvalue weighted by molar-refractivity contribution is 6.55. The van der Waals surface area contributed by atoms with Crippen LogP contribution in [0.25, 0.3) is 0 Å². The van der Waals surface area contributed by atoms with Crippen molar-refractivity contribution in [3.8, 4) is 0 Å². The molecular weight excluding hydrogens is 209 g/mol. The van der Waals surface area contributed by atoms with Gasteiger partial charge in [0.05, 0.1) is 13.2 Å². The third kappa shape index (κ3) is 5.53. The van der Waals surface area contributed by atoms with E-state index >= 15 is 0 Å². The fraction of sp³-hybridized carbons (Fsp3) is 0.778. The Kier molecular flexibility index (Phi) is 5.80. The van der Waals surface area contributed by atoms with Crippen molar-refractivity contribution in [3.63, 3.8) is 0 Å². The van der Waals surface area contributed by atoms with Crippen molar-refractivity contribution >= 4 is 23.2 Å². The third-order valence-corrected chi connectivity index (χ3v) is 2.39. The van der Waals surface area contributed by atoms with Crippen LogP contribution in [-0.2, 0) is 4.74 Å². The summed E-state index contributed by atoms with van der Waals surface area (Å²) in [5.74, 6) is 0. The number of hydrogen-bond donors (Lipinski definition) is 0. The molecule has 0 bridgehead atoms. The smallest absolute Gasteiger partial charge is 0.102 e. The molecule has 0 radical (unpaired) electrons. The number of hydrogen-bond acceptors (Lipinski definition) is 2. The van der Waals surface area contributed by atoms with Crippen molar-refractivity contribution in [1.29, 1.82) is 0 Å². The van der Waals surface area contributed by atoms with Crippen molar-refractivity contribution in [3.05, 3.63) is 10.6 Å². The quantitative estimate of drug-likeness (QED) is 0.680. The zero-order valence-corrected chi connectivity index (χ0v) is 9.15. The van der Waals surface area contributed by atoms with E-state index < -0.39 is 0 Å². The van der Waals surface area contributed by atoms with Crippen LogP contribution >= 0.6 is 23.2 Å². The van der Waals surface area contributed by atoms with Crippen LogP contribution in [0.5, 0.6) is 0 Å². The van der Waals surface area contributed by atoms with Crippen molar-refractivity contribution in [1.82, 2.24) is 4.90 Å². The Balaban J connectivity index is 2.01. The van der Waals surface area contributed by atoms with Crippen LogP contribution in [0.15, 0.2) is 10.6 Å². The molecule has 0 spiro atoms. The van der Waals surface area contributed by atoms with Gasteiger partial charge in [-0.3, -0.25) is 4.90 Å². The molecule has 1 aliphatic rings. The van der Waals surface area contributed by atoms with Gasteiger partial charge in [0.1, 0.15) is 4.49 Å². The lowest BCUT2D eigenvalue weighted by Gasteiger charge is -2.26. The summed E-state index contributed by atoms with van der Waals surface area (Å²) in [5, 5.41) is 0. The van der Waals surface area contributed by atoms with E-state index in [4.69, 9.17) is 27.9 Å². The predicted octanol–water partition coefficient (Wildman–Crippen LogP) is 2.42. The number of morpholine rings is 1. The first-order valence-corrected chi connectivity index (χ1v) is 5.36. The van der Waals surface area contributed by atoms with Crippen LogP contribution < -0.4 is 0 Å². The zero-order valence-electron chi connectivity index (χ0n) is 7.64. The van der Waals surface area contributed by atoms with Gasteiger partial charge in [-0.15, -0.1) is 0 Å². The second-order valence-electron chi connectivity index (χ2n) is 3.09. The second-order valence-corrected chi connectivity index (χ2v) is 4.10. The van der Waals surface area contributed by atoms with E-state index in [0.717, 1.165) is 45.7 Å². The van der Waals surface area contributed by atoms with E-state index in [1.165, 1.54) is 0 Å². The second kappa shape index (κ2) is 6.66. The van der Waals surface area contributed by atoms with E-state index in [-0.39, 0.29) is 0 Å². The van der Waals surface area contributed by atoms with Gasteiger partial charge in [-0.25, -0.2) is 0 Å². The maximum absolute atomic E-state index is 5.49. The lowest BCUT2D eigenvalue weighted by atomic mass is 10.3. The maximum atomic E-state index is 5.49. The fourth-order valence-corrected chi connectivity index (χ4v) is 1.57. The highest BCUT2D eigenvalue weighted by Crippen LogP contribution is 2.09. The molecule has 0 aromatic rings. The Morgan fingerprint density at radius 1 is 1.31 bits per heavy atom. The predicted molar refractivity (Wildman–Crippen MR) is 56.3 cm³/mol. The van der Waals surface area contributed by atoms with Gasteiger partial charge in [0.25, 0.3) is 0 Å².